The molecule has 0 N–H and O–H groups in total. The highest BCUT2D eigenvalue weighted by Crippen LogP contribution is 2.49. The number of pyridine rings is 1. The Morgan fingerprint density at radius 2 is 1.62 bits per heavy atom. The highest BCUT2D eigenvalue weighted by atomic mass is 19.1. The van der Waals surface area contributed by atoms with Gasteiger partial charge in [0, 0.05) is 51.9 Å². The lowest BCUT2D eigenvalue weighted by atomic mass is 9.87. The van der Waals surface area contributed by atoms with Gasteiger partial charge in [0.2, 0.25) is 0 Å². The van der Waals surface area contributed by atoms with Crippen molar-refractivity contribution in [3.8, 4) is 0 Å². The van der Waals surface area contributed by atoms with Gasteiger partial charge in [0.15, 0.2) is 0 Å². The monoisotopic (exact) mass is 395 g/mol. The Kier molecular flexibility index (Phi) is 5.14. The third-order valence-electron chi connectivity index (χ3n) is 6.78. The Labute approximate surface area is 172 Å². The van der Waals surface area contributed by atoms with Crippen LogP contribution in [-0.4, -0.2) is 58.7 Å². The third-order valence-corrected chi connectivity index (χ3v) is 6.78. The van der Waals surface area contributed by atoms with Gasteiger partial charge in [0.05, 0.1) is 16.9 Å². The van der Waals surface area contributed by atoms with Crippen LogP contribution in [0.5, 0.6) is 0 Å². The van der Waals surface area contributed by atoms with E-state index in [0.29, 0.717) is 12.1 Å². The minimum Gasteiger partial charge on any atom is -0.366 e. The highest BCUT2D eigenvalue weighted by Gasteiger charge is 2.55. The zero-order chi connectivity index (χ0) is 19.7. The first-order valence-electron chi connectivity index (χ1n) is 10.9. The van der Waals surface area contributed by atoms with Crippen LogP contribution in [0, 0.1) is 5.82 Å². The van der Waals surface area contributed by atoms with E-state index in [0.717, 1.165) is 52.1 Å². The lowest BCUT2D eigenvalue weighted by Gasteiger charge is -2.50. The van der Waals surface area contributed by atoms with Gasteiger partial charge in [0.25, 0.3) is 0 Å². The first-order chi connectivity index (χ1) is 14.1. The van der Waals surface area contributed by atoms with Crippen LogP contribution in [0.25, 0.3) is 0 Å². The van der Waals surface area contributed by atoms with Crippen molar-refractivity contribution in [1.29, 1.82) is 0 Å². The molecule has 3 aliphatic rings. The average molecular weight is 396 g/mol. The summed E-state index contributed by atoms with van der Waals surface area (Å²) in [6.07, 6.45) is 6.86. The van der Waals surface area contributed by atoms with Gasteiger partial charge in [-0.05, 0) is 43.4 Å². The molecule has 2 aliphatic heterocycles. The van der Waals surface area contributed by atoms with Gasteiger partial charge in [-0.15, -0.1) is 0 Å². The van der Waals surface area contributed by atoms with Crippen molar-refractivity contribution < 1.29 is 9.13 Å². The molecule has 0 radical (unpaired) electrons. The van der Waals surface area contributed by atoms with E-state index in [-0.39, 0.29) is 17.0 Å². The van der Waals surface area contributed by atoms with Gasteiger partial charge in [-0.2, -0.15) is 0 Å². The minimum atomic E-state index is -0.191. The molecule has 1 saturated carbocycles. The summed E-state index contributed by atoms with van der Waals surface area (Å²) in [5, 5.41) is 0. The van der Waals surface area contributed by atoms with Gasteiger partial charge >= 0.3 is 0 Å². The standard InChI is InChI=1S/C24H30FN3O/c25-21-7-4-13-26-22(21)8-14-27-15-11-24(12-16-27)19-28(18-23(29-24)9-10-23)17-20-5-2-1-3-6-20/h1-7,13H,8-12,14-19H2. The van der Waals surface area contributed by atoms with Gasteiger partial charge in [-0.25, -0.2) is 4.39 Å². The molecule has 2 spiro atoms. The van der Waals surface area contributed by atoms with Crippen LogP contribution in [0.2, 0.25) is 0 Å². The van der Waals surface area contributed by atoms with E-state index in [1.54, 1.807) is 12.3 Å². The zero-order valence-electron chi connectivity index (χ0n) is 17.0. The van der Waals surface area contributed by atoms with Crippen molar-refractivity contribution in [2.24, 2.45) is 0 Å². The normalized spacial score (nSPS) is 23.5. The van der Waals surface area contributed by atoms with E-state index in [1.807, 2.05) is 0 Å². The summed E-state index contributed by atoms with van der Waals surface area (Å²) in [6, 6.07) is 13.9. The Morgan fingerprint density at radius 1 is 0.897 bits per heavy atom. The molecule has 0 atom stereocenters. The van der Waals surface area contributed by atoms with Gasteiger partial charge < -0.3 is 9.64 Å². The molecule has 29 heavy (non-hydrogen) atoms. The Balaban J connectivity index is 1.19. The van der Waals surface area contributed by atoms with E-state index in [4.69, 9.17) is 4.74 Å². The molecule has 5 heteroatoms. The predicted molar refractivity (Wildman–Crippen MR) is 111 cm³/mol. The summed E-state index contributed by atoms with van der Waals surface area (Å²) in [5.74, 6) is -0.191. The predicted octanol–water partition coefficient (Wildman–Crippen LogP) is 3.66. The lowest BCUT2D eigenvalue weighted by molar-refractivity contribution is -0.189. The Morgan fingerprint density at radius 3 is 2.31 bits per heavy atom. The van der Waals surface area contributed by atoms with E-state index < -0.39 is 0 Å². The Hall–Kier alpha value is -1.82. The van der Waals surface area contributed by atoms with Crippen LogP contribution >= 0.6 is 0 Å². The fourth-order valence-electron chi connectivity index (χ4n) is 5.06. The summed E-state index contributed by atoms with van der Waals surface area (Å²) in [4.78, 5) is 9.25. The van der Waals surface area contributed by atoms with Crippen LogP contribution in [-0.2, 0) is 17.7 Å². The number of piperidine rings is 1. The third kappa shape index (κ3) is 4.37. The topological polar surface area (TPSA) is 28.6 Å². The molecule has 0 unspecified atom stereocenters. The van der Waals surface area contributed by atoms with Crippen LogP contribution in [0.1, 0.15) is 36.9 Å². The maximum absolute atomic E-state index is 13.8. The fraction of sp³-hybridized carbons (Fsp3) is 0.542. The number of ether oxygens (including phenoxy) is 1. The average Bonchev–Trinajstić information content (AvgIpc) is 3.46. The number of hydrogen-bond donors (Lipinski definition) is 0. The van der Waals surface area contributed by atoms with Crippen LogP contribution in [0.4, 0.5) is 4.39 Å². The first kappa shape index (κ1) is 19.2. The van der Waals surface area contributed by atoms with Gasteiger partial charge in [-0.3, -0.25) is 9.88 Å². The number of hydrogen-bond acceptors (Lipinski definition) is 4. The summed E-state index contributed by atoms with van der Waals surface area (Å²) in [7, 11) is 0. The molecular weight excluding hydrogens is 365 g/mol. The number of aromatic nitrogens is 1. The second-order valence-electron chi connectivity index (χ2n) is 9.12. The lowest BCUT2D eigenvalue weighted by Crippen LogP contribution is -2.60. The molecule has 4 nitrogen and oxygen atoms in total. The first-order valence-corrected chi connectivity index (χ1v) is 10.9. The van der Waals surface area contributed by atoms with Crippen LogP contribution in [0.3, 0.4) is 0 Å². The molecule has 0 bridgehead atoms. The maximum atomic E-state index is 13.8. The van der Waals surface area contributed by atoms with Crippen molar-refractivity contribution in [3.63, 3.8) is 0 Å². The Bertz CT molecular complexity index is 831. The van der Waals surface area contributed by atoms with Crippen molar-refractivity contribution in [1.82, 2.24) is 14.8 Å². The second kappa shape index (κ2) is 7.78. The molecule has 3 fully saturated rings. The molecule has 2 saturated heterocycles. The maximum Gasteiger partial charge on any atom is 0.144 e. The SMILES string of the molecule is Fc1cccnc1CCN1CCC2(CC1)CN(Cc1ccccc1)CC1(CC1)O2. The number of likely N-dealkylation sites (tertiary alicyclic amines) is 1. The molecule has 3 heterocycles. The number of nitrogens with zero attached hydrogens (tertiary/aromatic N) is 3. The van der Waals surface area contributed by atoms with Crippen molar-refractivity contribution >= 4 is 0 Å². The molecule has 1 aromatic heterocycles. The summed E-state index contributed by atoms with van der Waals surface area (Å²) in [5.41, 5.74) is 2.05. The van der Waals surface area contributed by atoms with Crippen molar-refractivity contribution in [2.45, 2.75) is 49.9 Å². The summed E-state index contributed by atoms with van der Waals surface area (Å²) >= 11 is 0. The van der Waals surface area contributed by atoms with E-state index in [9.17, 15) is 4.39 Å². The zero-order valence-corrected chi connectivity index (χ0v) is 17.0. The smallest absolute Gasteiger partial charge is 0.144 e. The molecule has 2 aromatic rings. The molecule has 1 aliphatic carbocycles. The van der Waals surface area contributed by atoms with E-state index in [2.05, 4.69) is 45.1 Å². The van der Waals surface area contributed by atoms with E-state index in [1.165, 1.54) is 24.5 Å². The molecule has 1 aromatic carbocycles. The summed E-state index contributed by atoms with van der Waals surface area (Å²) < 4.78 is 20.6. The largest absolute Gasteiger partial charge is 0.366 e. The minimum absolute atomic E-state index is 0.0176. The molecular formula is C24H30FN3O. The molecule has 5 rings (SSSR count). The van der Waals surface area contributed by atoms with Gasteiger partial charge in [-0.1, -0.05) is 30.3 Å². The fourth-order valence-corrected chi connectivity index (χ4v) is 5.06. The van der Waals surface area contributed by atoms with Gasteiger partial charge in [0.1, 0.15) is 5.82 Å². The second-order valence-corrected chi connectivity index (χ2v) is 9.12. The van der Waals surface area contributed by atoms with E-state index >= 15 is 0 Å². The number of rotatable bonds is 5. The number of halogens is 1. The van der Waals surface area contributed by atoms with Crippen molar-refractivity contribution in [3.05, 3.63) is 65.7 Å². The van der Waals surface area contributed by atoms with Crippen LogP contribution < -0.4 is 0 Å². The summed E-state index contributed by atoms with van der Waals surface area (Å²) in [6.45, 7) is 5.99. The highest BCUT2D eigenvalue weighted by molar-refractivity contribution is 5.16. The van der Waals surface area contributed by atoms with Crippen LogP contribution in [0.15, 0.2) is 48.7 Å². The molecule has 154 valence electrons. The molecule has 0 amide bonds. The number of morpholine rings is 1. The number of benzene rings is 1. The van der Waals surface area contributed by atoms with Crippen molar-refractivity contribution in [2.75, 3.05) is 32.7 Å². The quantitative estimate of drug-likeness (QED) is 0.773.